The lowest BCUT2D eigenvalue weighted by Crippen LogP contribution is -2.18. The Balaban J connectivity index is 2.42. The van der Waals surface area contributed by atoms with Gasteiger partial charge in [-0.15, -0.1) is 11.1 Å². The zero-order valence-electron chi connectivity index (χ0n) is 17.3. The smallest absolute Gasteiger partial charge is 0.144 e. The van der Waals surface area contributed by atoms with E-state index in [1.165, 1.54) is 0 Å². The number of hydrogen-bond acceptors (Lipinski definition) is 1. The predicted molar refractivity (Wildman–Crippen MR) is 122 cm³/mol. The van der Waals surface area contributed by atoms with Crippen LogP contribution in [-0.4, -0.2) is 16.1 Å². The topological polar surface area (TPSA) is 9.23 Å². The van der Waals surface area contributed by atoms with E-state index in [2.05, 4.69) is 86.5 Å². The molecule has 2 aromatic rings. The molecule has 0 spiro atoms. The second kappa shape index (κ2) is 9.24. The Labute approximate surface area is 167 Å². The predicted octanol–water partition coefficient (Wildman–Crippen LogP) is 6.25. The van der Waals surface area contributed by atoms with Gasteiger partial charge in [0.15, 0.2) is 0 Å². The molecule has 0 saturated carbocycles. The van der Waals surface area contributed by atoms with Crippen LogP contribution in [0.5, 0.6) is 0 Å². The van der Waals surface area contributed by atoms with Crippen LogP contribution < -0.4 is 0 Å². The van der Waals surface area contributed by atoms with Gasteiger partial charge in [-0.25, -0.2) is 0 Å². The molecule has 0 amide bonds. The van der Waals surface area contributed by atoms with Gasteiger partial charge in [-0.1, -0.05) is 112 Å². The third-order valence-corrected chi connectivity index (χ3v) is 5.42. The fourth-order valence-electron chi connectivity index (χ4n) is 2.35. The van der Waals surface area contributed by atoms with E-state index >= 15 is 0 Å². The van der Waals surface area contributed by atoms with Gasteiger partial charge in [0.25, 0.3) is 0 Å². The van der Waals surface area contributed by atoms with Crippen LogP contribution in [0.4, 0.5) is 0 Å². The van der Waals surface area contributed by atoms with Gasteiger partial charge in [-0.2, -0.15) is 0 Å². The normalized spacial score (nSPS) is 13.6. The zero-order chi connectivity index (χ0) is 19.9. The molecule has 2 rings (SSSR count). The van der Waals surface area contributed by atoms with E-state index in [0.717, 1.165) is 11.1 Å². The van der Waals surface area contributed by atoms with E-state index in [1.807, 2.05) is 36.4 Å². The monoisotopic (exact) mass is 390 g/mol. The molecule has 0 aromatic heterocycles. The van der Waals surface area contributed by atoms with Crippen LogP contribution in [0.25, 0.3) is 0 Å². The minimum atomic E-state index is -1.50. The second-order valence-electron chi connectivity index (χ2n) is 8.76. The third-order valence-electron chi connectivity index (χ3n) is 3.63. The fraction of sp³-hybridized carbons (Fsp3) is 0.333. The van der Waals surface area contributed by atoms with Crippen LogP contribution in [0.1, 0.15) is 23.3 Å². The summed E-state index contributed by atoms with van der Waals surface area (Å²) < 4.78 is 6.51. The van der Waals surface area contributed by atoms with Gasteiger partial charge < -0.3 is 4.74 Å². The van der Waals surface area contributed by atoms with Crippen molar-refractivity contribution in [3.8, 4) is 22.9 Å². The summed E-state index contributed by atoms with van der Waals surface area (Å²) in [7, 11) is -3.00. The fourth-order valence-corrected chi connectivity index (χ4v) is 3.48. The van der Waals surface area contributed by atoms with Crippen LogP contribution in [0.2, 0.25) is 39.3 Å². The Morgan fingerprint density at radius 3 is 1.22 bits per heavy atom. The van der Waals surface area contributed by atoms with Crippen molar-refractivity contribution in [2.75, 3.05) is 0 Å². The molecule has 0 bridgehead atoms. The van der Waals surface area contributed by atoms with Crippen LogP contribution in [0.3, 0.4) is 0 Å². The summed E-state index contributed by atoms with van der Waals surface area (Å²) in [5.41, 5.74) is 9.11. The highest BCUT2D eigenvalue weighted by atomic mass is 28.3. The quantitative estimate of drug-likeness (QED) is 0.443. The Bertz CT molecular complexity index is 765. The van der Waals surface area contributed by atoms with E-state index in [-0.39, 0.29) is 12.2 Å². The minimum Gasteiger partial charge on any atom is -0.340 e. The van der Waals surface area contributed by atoms with Crippen molar-refractivity contribution in [2.45, 2.75) is 51.5 Å². The lowest BCUT2D eigenvalue weighted by atomic mass is 10.1. The van der Waals surface area contributed by atoms with Gasteiger partial charge in [0.2, 0.25) is 0 Å². The highest BCUT2D eigenvalue weighted by Gasteiger charge is 2.19. The molecule has 0 fully saturated rings. The molecule has 2 unspecified atom stereocenters. The van der Waals surface area contributed by atoms with E-state index in [1.54, 1.807) is 0 Å². The Morgan fingerprint density at radius 1 is 0.593 bits per heavy atom. The van der Waals surface area contributed by atoms with Crippen molar-refractivity contribution < 1.29 is 4.74 Å². The standard InChI is InChI=1S/C24H30OSi2/c1-26(2,3)19-17-23(21-13-9-7-10-14-21)25-24(18-20-27(4,5)6)22-15-11-8-12-16-22/h7-16,23-24H,1-6H3. The minimum absolute atomic E-state index is 0.279. The molecule has 27 heavy (non-hydrogen) atoms. The summed E-state index contributed by atoms with van der Waals surface area (Å²) in [6.45, 7) is 13.5. The molecule has 140 valence electrons. The molecule has 0 saturated heterocycles. The van der Waals surface area contributed by atoms with Gasteiger partial charge >= 0.3 is 0 Å². The SMILES string of the molecule is C[Si](C)(C)C#CC(OC(C#C[Si](C)(C)C)c1ccccc1)c1ccccc1. The van der Waals surface area contributed by atoms with Crippen molar-refractivity contribution in [1.29, 1.82) is 0 Å². The average Bonchev–Trinajstić information content (AvgIpc) is 2.61. The lowest BCUT2D eigenvalue weighted by molar-refractivity contribution is 0.0515. The van der Waals surface area contributed by atoms with Gasteiger partial charge in [-0.3, -0.25) is 0 Å². The Morgan fingerprint density at radius 2 is 0.926 bits per heavy atom. The van der Waals surface area contributed by atoms with Crippen LogP contribution in [0, 0.1) is 22.9 Å². The summed E-state index contributed by atoms with van der Waals surface area (Å²) in [5.74, 6) is 6.81. The number of ether oxygens (including phenoxy) is 1. The molecule has 0 aliphatic heterocycles. The first-order valence-corrected chi connectivity index (χ1v) is 16.4. The maximum atomic E-state index is 6.51. The molecular formula is C24H30OSi2. The first-order valence-electron chi connectivity index (χ1n) is 9.45. The first-order chi connectivity index (χ1) is 12.6. The van der Waals surface area contributed by atoms with E-state index in [9.17, 15) is 0 Å². The van der Waals surface area contributed by atoms with Gasteiger partial charge in [0.05, 0.1) is 0 Å². The average molecular weight is 391 g/mol. The molecule has 0 heterocycles. The second-order valence-corrected chi connectivity index (χ2v) is 18.3. The highest BCUT2D eigenvalue weighted by Crippen LogP contribution is 2.26. The molecule has 3 heteroatoms. The maximum absolute atomic E-state index is 6.51. The van der Waals surface area contributed by atoms with Crippen molar-refractivity contribution in [2.24, 2.45) is 0 Å². The van der Waals surface area contributed by atoms with Gasteiger partial charge in [-0.05, 0) is 11.1 Å². The first kappa shape index (κ1) is 21.3. The van der Waals surface area contributed by atoms with Crippen LogP contribution in [0.15, 0.2) is 60.7 Å². The summed E-state index contributed by atoms with van der Waals surface area (Å²) in [6.07, 6.45) is -0.557. The van der Waals surface area contributed by atoms with E-state index in [4.69, 9.17) is 4.74 Å². The number of rotatable bonds is 4. The molecule has 0 aliphatic carbocycles. The summed E-state index contributed by atoms with van der Waals surface area (Å²) in [6, 6.07) is 20.5. The lowest BCUT2D eigenvalue weighted by Gasteiger charge is -2.20. The summed E-state index contributed by atoms with van der Waals surface area (Å²) in [4.78, 5) is 0. The van der Waals surface area contributed by atoms with Crippen LogP contribution in [-0.2, 0) is 4.74 Å². The van der Waals surface area contributed by atoms with Gasteiger partial charge in [0, 0.05) is 0 Å². The molecule has 2 atom stereocenters. The van der Waals surface area contributed by atoms with Crippen molar-refractivity contribution in [3.63, 3.8) is 0 Å². The Hall–Kier alpha value is -2.05. The van der Waals surface area contributed by atoms with E-state index in [0.29, 0.717) is 0 Å². The summed E-state index contributed by atoms with van der Waals surface area (Å²) in [5, 5.41) is 0. The third kappa shape index (κ3) is 8.01. The van der Waals surface area contributed by atoms with E-state index < -0.39 is 16.1 Å². The molecule has 1 nitrogen and oxygen atoms in total. The Kier molecular flexibility index (Phi) is 7.28. The molecule has 0 N–H and O–H groups in total. The van der Waals surface area contributed by atoms with Gasteiger partial charge in [0.1, 0.15) is 28.4 Å². The highest BCUT2D eigenvalue weighted by molar-refractivity contribution is 6.84. The van der Waals surface area contributed by atoms with Crippen LogP contribution >= 0.6 is 0 Å². The van der Waals surface area contributed by atoms with Crippen molar-refractivity contribution in [3.05, 3.63) is 71.8 Å². The largest absolute Gasteiger partial charge is 0.340 e. The molecule has 0 radical (unpaired) electrons. The molecule has 2 aromatic carbocycles. The number of hydrogen-bond donors (Lipinski definition) is 0. The maximum Gasteiger partial charge on any atom is 0.144 e. The van der Waals surface area contributed by atoms with Crippen molar-refractivity contribution >= 4 is 16.1 Å². The molecule has 0 aliphatic rings. The number of benzene rings is 2. The van der Waals surface area contributed by atoms with Crippen molar-refractivity contribution in [1.82, 2.24) is 0 Å². The summed E-state index contributed by atoms with van der Waals surface area (Å²) >= 11 is 0. The zero-order valence-corrected chi connectivity index (χ0v) is 19.3. The molecular weight excluding hydrogens is 360 g/mol.